The van der Waals surface area contributed by atoms with Crippen LogP contribution in [0.2, 0.25) is 0 Å². The van der Waals surface area contributed by atoms with Crippen LogP contribution in [0.25, 0.3) is 33.6 Å². The van der Waals surface area contributed by atoms with Crippen molar-refractivity contribution in [2.45, 2.75) is 0 Å². The molecular weight excluding hydrogens is 792 g/mol. The summed E-state index contributed by atoms with van der Waals surface area (Å²) in [4.78, 5) is 15.1. The Morgan fingerprint density at radius 3 is 1.34 bits per heavy atom. The lowest BCUT2D eigenvalue weighted by Gasteiger charge is -2.51. The molecule has 0 amide bonds. The predicted molar refractivity (Wildman–Crippen MR) is 270 cm³/mol. The van der Waals surface area contributed by atoms with Gasteiger partial charge in [-0.3, -0.25) is 9.97 Å². The van der Waals surface area contributed by atoms with Gasteiger partial charge in [-0.1, -0.05) is 164 Å². The van der Waals surface area contributed by atoms with E-state index < -0.39 is 8.07 Å². The zero-order valence-electron chi connectivity index (χ0n) is 34.9. The van der Waals surface area contributed by atoms with Crippen molar-refractivity contribution in [2.75, 3.05) is 9.80 Å². The van der Waals surface area contributed by atoms with Gasteiger partial charge in [-0.05, 0) is 109 Å². The molecule has 5 heterocycles. The number of rotatable bonds is 7. The zero-order valence-corrected chi connectivity index (χ0v) is 35.9. The van der Waals surface area contributed by atoms with Crippen molar-refractivity contribution in [3.8, 4) is 33.6 Å². The Bertz CT molecular complexity index is 3380. The van der Waals surface area contributed by atoms with Gasteiger partial charge in [0.05, 0.1) is 22.8 Å². The van der Waals surface area contributed by atoms with E-state index in [1.165, 1.54) is 65.4 Å². The van der Waals surface area contributed by atoms with Crippen molar-refractivity contribution >= 4 is 86.0 Å². The van der Waals surface area contributed by atoms with Gasteiger partial charge in [-0.15, -0.1) is 0 Å². The molecule has 0 N–H and O–H groups in total. The van der Waals surface area contributed by atoms with Gasteiger partial charge in [0.15, 0.2) is 8.07 Å². The van der Waals surface area contributed by atoms with Crippen molar-refractivity contribution in [3.63, 3.8) is 0 Å². The minimum atomic E-state index is -2.99. The smallest absolute Gasteiger partial charge is 0.251 e. The van der Waals surface area contributed by atoms with Crippen LogP contribution in [0.3, 0.4) is 0 Å². The van der Waals surface area contributed by atoms with E-state index in [4.69, 9.17) is 9.97 Å². The maximum atomic E-state index is 5.08. The highest BCUT2D eigenvalue weighted by Gasteiger charge is 2.56. The normalized spacial score (nSPS) is 13.7. The van der Waals surface area contributed by atoms with Gasteiger partial charge < -0.3 is 9.80 Å². The third kappa shape index (κ3) is 5.24. The topological polar surface area (TPSA) is 32.3 Å². The largest absolute Gasteiger partial charge is 0.311 e. The van der Waals surface area contributed by atoms with Crippen LogP contribution in [0.15, 0.2) is 237 Å². The number of pyridine rings is 2. The van der Waals surface area contributed by atoms with Crippen LogP contribution in [0, 0.1) is 0 Å². The molecule has 10 aromatic rings. The van der Waals surface area contributed by atoms with E-state index in [0.29, 0.717) is 0 Å². The highest BCUT2D eigenvalue weighted by Crippen LogP contribution is 2.48. The van der Waals surface area contributed by atoms with Crippen LogP contribution in [-0.2, 0) is 0 Å². The fraction of sp³-hybridized carbons (Fsp3) is 0. The highest BCUT2D eigenvalue weighted by molar-refractivity contribution is 7.27. The average molecular weight is 831 g/mol. The molecule has 0 fully saturated rings. The van der Waals surface area contributed by atoms with E-state index in [0.717, 1.165) is 39.5 Å². The Balaban J connectivity index is 1.16. The molecule has 13 rings (SSSR count). The first-order chi connectivity index (χ1) is 31.8. The summed E-state index contributed by atoms with van der Waals surface area (Å²) < 4.78 is 0. The molecule has 0 radical (unpaired) electrons. The van der Waals surface area contributed by atoms with Crippen LogP contribution in [0.4, 0.5) is 34.1 Å². The molecule has 8 aromatic carbocycles. The Morgan fingerprint density at radius 2 is 0.781 bits per heavy atom. The third-order valence-corrected chi connectivity index (χ3v) is 18.5. The molecule has 3 aliphatic rings. The quantitative estimate of drug-likeness (QED) is 0.150. The number of nitrogens with zero attached hydrogens (tertiary/aromatic N) is 4. The van der Waals surface area contributed by atoms with Gasteiger partial charge in [0.25, 0.3) is 6.71 Å². The van der Waals surface area contributed by atoms with Crippen LogP contribution < -0.4 is 46.9 Å². The van der Waals surface area contributed by atoms with Gasteiger partial charge in [-0.25, -0.2) is 0 Å². The Kier molecular flexibility index (Phi) is 8.30. The van der Waals surface area contributed by atoms with Crippen molar-refractivity contribution in [2.24, 2.45) is 0 Å². The summed E-state index contributed by atoms with van der Waals surface area (Å²) >= 11 is 0. The zero-order chi connectivity index (χ0) is 42.2. The second-order valence-corrected chi connectivity index (χ2v) is 20.5. The molecule has 298 valence electrons. The van der Waals surface area contributed by atoms with Crippen molar-refractivity contribution in [1.82, 2.24) is 9.97 Å². The monoisotopic (exact) mass is 830 g/mol. The fourth-order valence-corrected chi connectivity index (χ4v) is 16.5. The first-order valence-electron chi connectivity index (χ1n) is 22.0. The molecule has 4 nitrogen and oxygen atoms in total. The van der Waals surface area contributed by atoms with E-state index in [9.17, 15) is 0 Å². The molecule has 0 unspecified atom stereocenters. The van der Waals surface area contributed by atoms with E-state index >= 15 is 0 Å². The molecule has 0 bridgehead atoms. The van der Waals surface area contributed by atoms with Crippen molar-refractivity contribution in [1.29, 1.82) is 0 Å². The second kappa shape index (κ2) is 14.5. The molecule has 3 aliphatic heterocycles. The summed E-state index contributed by atoms with van der Waals surface area (Å²) in [6.07, 6.45) is 3.84. The SMILES string of the molecule is c1ccc(-c2ccnc(-c3ccccc3N3c4cccc5c4B4c6c(cccc6[Si](c6ccccc6)(c6ccccc6)c6cccc3c64)N5c3ccccc3-c3ccccn3)c2)cc1. The molecule has 0 aliphatic carbocycles. The molecule has 0 atom stereocenters. The standard InChI is InChI=1S/C58H39BN4Si/c1-4-19-40(20-5-1)41-36-38-61-47(39-41)45-26-11-13-29-49(45)63-51-31-16-30-50-56(51)59-57-52(62(50)48-28-12-10-25-44(48)46-27-14-15-37-60-46)32-17-34-54(57)64(42-21-6-2-7-22-42,43-23-8-3-9-24-43)55-35-18-33-53(63)58(55)59/h1-39H. The lowest BCUT2D eigenvalue weighted by atomic mass is 9.33. The van der Waals surface area contributed by atoms with Crippen LogP contribution in [0.5, 0.6) is 0 Å². The van der Waals surface area contributed by atoms with Crippen molar-refractivity contribution in [3.05, 3.63) is 237 Å². The summed E-state index contributed by atoms with van der Waals surface area (Å²) in [5.74, 6) is 0. The number of para-hydroxylation sites is 2. The average Bonchev–Trinajstić information content (AvgIpc) is 3.38. The minimum absolute atomic E-state index is 0.00198. The molecule has 0 saturated carbocycles. The van der Waals surface area contributed by atoms with Gasteiger partial charge in [-0.2, -0.15) is 0 Å². The summed E-state index contributed by atoms with van der Waals surface area (Å²) in [5.41, 5.74) is 17.4. The lowest BCUT2D eigenvalue weighted by molar-refractivity contribution is 1.24. The van der Waals surface area contributed by atoms with Gasteiger partial charge in [0.1, 0.15) is 0 Å². The fourth-order valence-electron chi connectivity index (χ4n) is 11.2. The highest BCUT2D eigenvalue weighted by atomic mass is 28.3. The van der Waals surface area contributed by atoms with Gasteiger partial charge in [0.2, 0.25) is 0 Å². The summed E-state index contributed by atoms with van der Waals surface area (Å²) in [6.45, 7) is -0.00198. The van der Waals surface area contributed by atoms with E-state index in [1.54, 1.807) is 0 Å². The predicted octanol–water partition coefficient (Wildman–Crippen LogP) is 9.25. The van der Waals surface area contributed by atoms with Crippen molar-refractivity contribution < 1.29 is 0 Å². The number of aromatic nitrogens is 2. The lowest BCUT2D eigenvalue weighted by Crippen LogP contribution is -2.88. The first kappa shape index (κ1) is 36.6. The first-order valence-corrected chi connectivity index (χ1v) is 24.0. The van der Waals surface area contributed by atoms with Crippen LogP contribution >= 0.6 is 0 Å². The number of hydrogen-bond acceptors (Lipinski definition) is 4. The summed E-state index contributed by atoms with van der Waals surface area (Å²) in [5, 5.41) is 5.63. The molecular formula is C58H39BN4Si. The van der Waals surface area contributed by atoms with E-state index in [-0.39, 0.29) is 6.71 Å². The Hall–Kier alpha value is -8.06. The third-order valence-electron chi connectivity index (χ3n) is 13.7. The summed E-state index contributed by atoms with van der Waals surface area (Å²) in [6, 6.07) is 82.7. The molecule has 0 saturated heterocycles. The second-order valence-electron chi connectivity index (χ2n) is 16.8. The van der Waals surface area contributed by atoms with Gasteiger partial charge >= 0.3 is 0 Å². The van der Waals surface area contributed by atoms with E-state index in [1.807, 2.05) is 18.5 Å². The minimum Gasteiger partial charge on any atom is -0.311 e. The summed E-state index contributed by atoms with van der Waals surface area (Å²) in [7, 11) is -2.99. The molecule has 64 heavy (non-hydrogen) atoms. The number of hydrogen-bond donors (Lipinski definition) is 0. The maximum Gasteiger partial charge on any atom is 0.251 e. The maximum absolute atomic E-state index is 5.08. The Morgan fingerprint density at radius 1 is 0.328 bits per heavy atom. The van der Waals surface area contributed by atoms with E-state index in [2.05, 4.69) is 228 Å². The Labute approximate surface area is 374 Å². The number of benzene rings is 8. The molecule has 0 spiro atoms. The van der Waals surface area contributed by atoms with Gasteiger partial charge in [0, 0.05) is 46.3 Å². The van der Waals surface area contributed by atoms with Crippen LogP contribution in [-0.4, -0.2) is 24.8 Å². The van der Waals surface area contributed by atoms with Crippen LogP contribution in [0.1, 0.15) is 0 Å². The molecule has 6 heteroatoms. The number of anilines is 6. The molecule has 2 aromatic heterocycles.